The Morgan fingerprint density at radius 3 is 2.81 bits per heavy atom. The molecule has 7 heteroatoms. The summed E-state index contributed by atoms with van der Waals surface area (Å²) in [6, 6.07) is 13.0. The first-order valence-electron chi connectivity index (χ1n) is 8.31. The minimum absolute atomic E-state index is 0.175. The number of benzene rings is 2. The predicted octanol–water partition coefficient (Wildman–Crippen LogP) is 3.45. The molecule has 0 bridgehead atoms. The highest BCUT2D eigenvalue weighted by molar-refractivity contribution is 6.07. The molecule has 0 unspecified atom stereocenters. The van der Waals surface area contributed by atoms with E-state index in [0.29, 0.717) is 17.8 Å². The van der Waals surface area contributed by atoms with Gasteiger partial charge in [-0.25, -0.2) is 4.39 Å². The van der Waals surface area contributed by atoms with Crippen molar-refractivity contribution < 1.29 is 9.18 Å². The SMILES string of the molecule is Nc1cc(F)ccc1NC(=O)c1ccc2c(cnn2Cc2cccnc2)c1. The van der Waals surface area contributed by atoms with Crippen LogP contribution in [-0.2, 0) is 6.54 Å². The number of nitrogen functional groups attached to an aromatic ring is 1. The molecule has 134 valence electrons. The minimum Gasteiger partial charge on any atom is -0.397 e. The Morgan fingerprint density at radius 2 is 2.04 bits per heavy atom. The lowest BCUT2D eigenvalue weighted by molar-refractivity contribution is 0.102. The molecule has 0 spiro atoms. The molecule has 6 nitrogen and oxygen atoms in total. The largest absolute Gasteiger partial charge is 0.397 e. The average molecular weight is 361 g/mol. The van der Waals surface area contributed by atoms with Crippen LogP contribution < -0.4 is 11.1 Å². The van der Waals surface area contributed by atoms with E-state index >= 15 is 0 Å². The summed E-state index contributed by atoms with van der Waals surface area (Å²) < 4.78 is 15.0. The number of pyridine rings is 1. The molecule has 0 aliphatic rings. The molecule has 0 fully saturated rings. The van der Waals surface area contributed by atoms with E-state index in [4.69, 9.17) is 5.73 Å². The van der Waals surface area contributed by atoms with Crippen molar-refractivity contribution in [2.75, 3.05) is 11.1 Å². The van der Waals surface area contributed by atoms with Gasteiger partial charge in [-0.05, 0) is 48.0 Å². The number of nitrogens with zero attached hydrogens (tertiary/aromatic N) is 3. The zero-order valence-corrected chi connectivity index (χ0v) is 14.3. The lowest BCUT2D eigenvalue weighted by atomic mass is 10.1. The van der Waals surface area contributed by atoms with Gasteiger partial charge in [0.25, 0.3) is 5.91 Å². The lowest BCUT2D eigenvalue weighted by Gasteiger charge is -2.09. The molecular formula is C20H16FN5O. The van der Waals surface area contributed by atoms with E-state index < -0.39 is 5.82 Å². The fourth-order valence-electron chi connectivity index (χ4n) is 2.86. The van der Waals surface area contributed by atoms with Gasteiger partial charge in [-0.15, -0.1) is 0 Å². The molecule has 0 saturated carbocycles. The van der Waals surface area contributed by atoms with Crippen molar-refractivity contribution in [3.63, 3.8) is 0 Å². The summed E-state index contributed by atoms with van der Waals surface area (Å²) >= 11 is 0. The number of nitrogens with one attached hydrogen (secondary N) is 1. The van der Waals surface area contributed by atoms with E-state index in [0.717, 1.165) is 16.5 Å². The Labute approximate surface area is 154 Å². The molecule has 27 heavy (non-hydrogen) atoms. The molecule has 4 rings (SSSR count). The Hall–Kier alpha value is -3.74. The molecule has 3 N–H and O–H groups in total. The zero-order chi connectivity index (χ0) is 18.8. The van der Waals surface area contributed by atoms with Crippen LogP contribution in [0.5, 0.6) is 0 Å². The van der Waals surface area contributed by atoms with Crippen molar-refractivity contribution in [1.29, 1.82) is 0 Å². The van der Waals surface area contributed by atoms with Crippen LogP contribution in [0.3, 0.4) is 0 Å². The van der Waals surface area contributed by atoms with Gasteiger partial charge < -0.3 is 11.1 Å². The highest BCUT2D eigenvalue weighted by atomic mass is 19.1. The van der Waals surface area contributed by atoms with Crippen molar-refractivity contribution in [2.45, 2.75) is 6.54 Å². The highest BCUT2D eigenvalue weighted by Gasteiger charge is 2.11. The third-order valence-electron chi connectivity index (χ3n) is 4.22. The maximum Gasteiger partial charge on any atom is 0.255 e. The second-order valence-corrected chi connectivity index (χ2v) is 6.12. The maximum absolute atomic E-state index is 13.1. The predicted molar refractivity (Wildman–Crippen MR) is 102 cm³/mol. The number of amides is 1. The molecule has 2 heterocycles. The molecule has 2 aromatic carbocycles. The van der Waals surface area contributed by atoms with Crippen LogP contribution >= 0.6 is 0 Å². The Balaban J connectivity index is 1.57. The molecule has 0 aliphatic heterocycles. The summed E-state index contributed by atoms with van der Waals surface area (Å²) in [5.74, 6) is -0.775. The van der Waals surface area contributed by atoms with E-state index in [1.54, 1.807) is 30.7 Å². The van der Waals surface area contributed by atoms with Gasteiger partial charge in [0.15, 0.2) is 0 Å². The smallest absolute Gasteiger partial charge is 0.255 e. The van der Waals surface area contributed by atoms with E-state index in [9.17, 15) is 9.18 Å². The van der Waals surface area contributed by atoms with Crippen molar-refractivity contribution in [3.8, 4) is 0 Å². The number of nitrogens with two attached hydrogens (primary N) is 1. The molecule has 4 aromatic rings. The van der Waals surface area contributed by atoms with Crippen molar-refractivity contribution in [1.82, 2.24) is 14.8 Å². The number of aromatic nitrogens is 3. The number of rotatable bonds is 4. The lowest BCUT2D eigenvalue weighted by Crippen LogP contribution is -2.13. The molecule has 2 aromatic heterocycles. The maximum atomic E-state index is 13.1. The molecule has 0 atom stereocenters. The number of carbonyl (C=O) groups is 1. The summed E-state index contributed by atoms with van der Waals surface area (Å²) in [6.07, 6.45) is 5.24. The first-order valence-corrected chi connectivity index (χ1v) is 8.31. The van der Waals surface area contributed by atoms with Gasteiger partial charge in [0, 0.05) is 23.3 Å². The number of anilines is 2. The topological polar surface area (TPSA) is 85.8 Å². The average Bonchev–Trinajstić information content (AvgIpc) is 3.07. The van der Waals surface area contributed by atoms with Gasteiger partial charge in [0.2, 0.25) is 0 Å². The second kappa shape index (κ2) is 6.87. The van der Waals surface area contributed by atoms with Gasteiger partial charge in [0.05, 0.1) is 29.6 Å². The van der Waals surface area contributed by atoms with Gasteiger partial charge in [-0.1, -0.05) is 6.07 Å². The quantitative estimate of drug-likeness (QED) is 0.545. The highest BCUT2D eigenvalue weighted by Crippen LogP contribution is 2.22. The second-order valence-electron chi connectivity index (χ2n) is 6.12. The third-order valence-corrected chi connectivity index (χ3v) is 4.22. The standard InChI is InChI=1S/C20H16FN5O/c21-16-4-5-18(17(22)9-16)25-20(27)14-3-6-19-15(8-14)11-24-26(19)12-13-2-1-7-23-10-13/h1-11H,12,22H2,(H,25,27). The van der Waals surface area contributed by atoms with E-state index in [2.05, 4.69) is 15.4 Å². The summed E-state index contributed by atoms with van der Waals surface area (Å²) in [6.45, 7) is 0.592. The summed E-state index contributed by atoms with van der Waals surface area (Å²) in [7, 11) is 0. The van der Waals surface area contributed by atoms with Crippen molar-refractivity contribution in [2.24, 2.45) is 0 Å². The number of hydrogen-bond donors (Lipinski definition) is 2. The van der Waals surface area contributed by atoms with Gasteiger partial charge in [-0.3, -0.25) is 14.5 Å². The molecule has 0 saturated heterocycles. The fourth-order valence-corrected chi connectivity index (χ4v) is 2.86. The van der Waals surface area contributed by atoms with E-state index in [1.165, 1.54) is 18.2 Å². The van der Waals surface area contributed by atoms with Crippen LogP contribution in [0.4, 0.5) is 15.8 Å². The summed E-state index contributed by atoms with van der Waals surface area (Å²) in [5, 5.41) is 7.94. The molecular weight excluding hydrogens is 345 g/mol. The van der Waals surface area contributed by atoms with Crippen LogP contribution in [0.15, 0.2) is 67.1 Å². The van der Waals surface area contributed by atoms with Crippen molar-refractivity contribution >= 4 is 28.2 Å². The molecule has 0 radical (unpaired) electrons. The van der Waals surface area contributed by atoms with Crippen LogP contribution in [0.1, 0.15) is 15.9 Å². The van der Waals surface area contributed by atoms with E-state index in [1.807, 2.05) is 22.9 Å². The Morgan fingerprint density at radius 1 is 1.15 bits per heavy atom. The van der Waals surface area contributed by atoms with E-state index in [-0.39, 0.29) is 11.6 Å². The number of halogens is 1. The zero-order valence-electron chi connectivity index (χ0n) is 14.3. The fraction of sp³-hybridized carbons (Fsp3) is 0.0500. The summed E-state index contributed by atoms with van der Waals surface area (Å²) in [5.41, 5.74) is 8.70. The number of hydrogen-bond acceptors (Lipinski definition) is 4. The monoisotopic (exact) mass is 361 g/mol. The molecule has 0 aliphatic carbocycles. The normalized spacial score (nSPS) is 10.9. The van der Waals surface area contributed by atoms with Crippen molar-refractivity contribution in [3.05, 3.63) is 84.1 Å². The number of carbonyl (C=O) groups excluding carboxylic acids is 1. The first kappa shape index (κ1) is 16.7. The summed E-state index contributed by atoms with van der Waals surface area (Å²) in [4.78, 5) is 16.6. The van der Waals surface area contributed by atoms with Crippen LogP contribution in [0, 0.1) is 5.82 Å². The third kappa shape index (κ3) is 3.48. The van der Waals surface area contributed by atoms with Crippen LogP contribution in [-0.4, -0.2) is 20.7 Å². The number of fused-ring (bicyclic) bond motifs is 1. The Kier molecular flexibility index (Phi) is 4.25. The van der Waals surface area contributed by atoms with Crippen LogP contribution in [0.2, 0.25) is 0 Å². The van der Waals surface area contributed by atoms with Crippen LogP contribution in [0.25, 0.3) is 10.9 Å². The minimum atomic E-state index is -0.451. The Bertz CT molecular complexity index is 1120. The van der Waals surface area contributed by atoms with Gasteiger partial charge >= 0.3 is 0 Å². The van der Waals surface area contributed by atoms with Gasteiger partial charge in [0.1, 0.15) is 5.82 Å². The first-order chi connectivity index (χ1) is 13.1. The molecule has 1 amide bonds. The van der Waals surface area contributed by atoms with Gasteiger partial charge in [-0.2, -0.15) is 5.10 Å².